The number of halogens is 1. The van der Waals surface area contributed by atoms with Crippen molar-refractivity contribution in [3.63, 3.8) is 0 Å². The zero-order valence-corrected chi connectivity index (χ0v) is 19.4. The maximum Gasteiger partial charge on any atom is 0.247 e. The Labute approximate surface area is 198 Å². The predicted octanol–water partition coefficient (Wildman–Crippen LogP) is 5.77. The third-order valence-electron chi connectivity index (χ3n) is 5.88. The number of amides is 2. The normalized spacial score (nSPS) is 14.8. The molecule has 0 bridgehead atoms. The fraction of sp³-hybridized carbons (Fsp3) is 0.308. The number of nitrogens with zero attached hydrogens (tertiary/aromatic N) is 1. The second kappa shape index (κ2) is 10.8. The van der Waals surface area contributed by atoms with Crippen molar-refractivity contribution >= 4 is 34.8 Å². The minimum Gasteiger partial charge on any atom is -0.351 e. The Morgan fingerprint density at radius 2 is 1.72 bits per heavy atom. The first-order valence-electron chi connectivity index (χ1n) is 11.0. The maximum atomic E-state index is 13.6. The third kappa shape index (κ3) is 5.59. The molecule has 0 aliphatic heterocycles. The molecule has 1 unspecified atom stereocenters. The summed E-state index contributed by atoms with van der Waals surface area (Å²) in [5.74, 6) is -0.261. The van der Waals surface area contributed by atoms with Gasteiger partial charge in [-0.25, -0.2) is 0 Å². The minimum absolute atomic E-state index is 0.0946. The van der Waals surface area contributed by atoms with Crippen LogP contribution in [-0.2, 0) is 22.6 Å². The lowest BCUT2D eigenvalue weighted by molar-refractivity contribution is -0.141. The van der Waals surface area contributed by atoms with Crippen molar-refractivity contribution in [1.29, 1.82) is 0 Å². The Bertz CT molecular complexity index is 1030. The van der Waals surface area contributed by atoms with Crippen molar-refractivity contribution in [3.8, 4) is 0 Å². The van der Waals surface area contributed by atoms with Gasteiger partial charge in [0.15, 0.2) is 0 Å². The summed E-state index contributed by atoms with van der Waals surface area (Å²) in [7, 11) is 0. The molecule has 2 amide bonds. The van der Waals surface area contributed by atoms with Gasteiger partial charge in [-0.05, 0) is 35.9 Å². The monoisotopic (exact) mass is 466 g/mol. The number of carbonyl (C=O) groups is 2. The van der Waals surface area contributed by atoms with Gasteiger partial charge < -0.3 is 10.2 Å². The van der Waals surface area contributed by atoms with Crippen molar-refractivity contribution in [3.05, 3.63) is 93.1 Å². The number of hydrogen-bond acceptors (Lipinski definition) is 3. The lowest BCUT2D eigenvalue weighted by Crippen LogP contribution is -2.46. The van der Waals surface area contributed by atoms with E-state index in [4.69, 9.17) is 11.6 Å². The first kappa shape index (κ1) is 22.6. The Kier molecular flexibility index (Phi) is 7.61. The van der Waals surface area contributed by atoms with Crippen molar-refractivity contribution in [2.24, 2.45) is 0 Å². The lowest BCUT2D eigenvalue weighted by Gasteiger charge is -2.33. The second-order valence-electron chi connectivity index (χ2n) is 8.18. The van der Waals surface area contributed by atoms with Crippen LogP contribution in [0.15, 0.2) is 72.1 Å². The Morgan fingerprint density at radius 1 is 1.00 bits per heavy atom. The van der Waals surface area contributed by atoms with E-state index in [-0.39, 0.29) is 24.3 Å². The Morgan fingerprint density at radius 3 is 2.41 bits per heavy atom. The van der Waals surface area contributed by atoms with Gasteiger partial charge in [0.05, 0.1) is 6.42 Å². The molecule has 0 radical (unpaired) electrons. The van der Waals surface area contributed by atoms with Gasteiger partial charge in [0.2, 0.25) is 11.8 Å². The molecule has 4 rings (SSSR count). The highest BCUT2D eigenvalue weighted by Gasteiger charge is 2.34. The minimum atomic E-state index is -0.794. The molecule has 2 aromatic carbocycles. The van der Waals surface area contributed by atoms with E-state index < -0.39 is 6.04 Å². The highest BCUT2D eigenvalue weighted by Crippen LogP contribution is 2.31. The van der Waals surface area contributed by atoms with Crippen LogP contribution >= 0.6 is 22.9 Å². The largest absolute Gasteiger partial charge is 0.351 e. The molecule has 1 aliphatic rings. The average Bonchev–Trinajstić information content (AvgIpc) is 3.50. The molecule has 0 spiro atoms. The number of thiophene rings is 1. The van der Waals surface area contributed by atoms with Crippen LogP contribution in [0.2, 0.25) is 5.02 Å². The van der Waals surface area contributed by atoms with Crippen molar-refractivity contribution in [2.45, 2.75) is 50.7 Å². The summed E-state index contributed by atoms with van der Waals surface area (Å²) in [5, 5.41) is 5.64. The summed E-state index contributed by atoms with van der Waals surface area (Å²) in [6, 6.07) is 20.4. The van der Waals surface area contributed by atoms with Crippen LogP contribution < -0.4 is 5.32 Å². The number of nitrogens with one attached hydrogen (secondary N) is 1. The molecule has 1 aliphatic carbocycles. The van der Waals surface area contributed by atoms with E-state index >= 15 is 0 Å². The zero-order chi connectivity index (χ0) is 22.3. The van der Waals surface area contributed by atoms with Crippen LogP contribution in [-0.4, -0.2) is 22.8 Å². The van der Waals surface area contributed by atoms with E-state index in [9.17, 15) is 9.59 Å². The smallest absolute Gasteiger partial charge is 0.247 e. The Balaban J connectivity index is 1.70. The number of hydrogen-bond donors (Lipinski definition) is 1. The zero-order valence-electron chi connectivity index (χ0n) is 17.9. The highest BCUT2D eigenvalue weighted by molar-refractivity contribution is 7.10. The summed E-state index contributed by atoms with van der Waals surface area (Å²) in [5.41, 5.74) is 1.62. The number of benzene rings is 2. The summed E-state index contributed by atoms with van der Waals surface area (Å²) in [6.07, 6.45) is 4.44. The van der Waals surface area contributed by atoms with Crippen LogP contribution in [0, 0.1) is 0 Å². The standard InChI is InChI=1S/C26H27ClN2O2S/c27-23-15-7-6-14-22(23)25(26(31)28-20-11-4-5-12-20)29(18-19-9-2-1-3-10-19)24(30)17-21-13-8-16-32-21/h1-3,6-10,13-16,20,25H,4-5,11-12,17-18H2,(H,28,31). The van der Waals surface area contributed by atoms with E-state index in [1.54, 1.807) is 22.3 Å². The molecule has 6 heteroatoms. The predicted molar refractivity (Wildman–Crippen MR) is 130 cm³/mol. The van der Waals surface area contributed by atoms with Crippen LogP contribution in [0.3, 0.4) is 0 Å². The quantitative estimate of drug-likeness (QED) is 0.458. The molecule has 32 heavy (non-hydrogen) atoms. The van der Waals surface area contributed by atoms with Gasteiger partial charge in [-0.1, -0.05) is 79.0 Å². The number of rotatable bonds is 8. The first-order valence-corrected chi connectivity index (χ1v) is 12.3. The van der Waals surface area contributed by atoms with Crippen LogP contribution in [0.5, 0.6) is 0 Å². The van der Waals surface area contributed by atoms with E-state index in [0.717, 1.165) is 36.1 Å². The molecule has 3 aromatic rings. The first-order chi connectivity index (χ1) is 15.6. The summed E-state index contributed by atoms with van der Waals surface area (Å²) >= 11 is 8.10. The maximum absolute atomic E-state index is 13.6. The van der Waals surface area contributed by atoms with Crippen molar-refractivity contribution in [2.75, 3.05) is 0 Å². The van der Waals surface area contributed by atoms with Gasteiger partial charge in [0, 0.05) is 28.0 Å². The van der Waals surface area contributed by atoms with Gasteiger partial charge >= 0.3 is 0 Å². The van der Waals surface area contributed by atoms with Crippen LogP contribution in [0.4, 0.5) is 0 Å². The molecule has 1 atom stereocenters. The molecule has 1 heterocycles. The molecule has 1 saturated carbocycles. The molecule has 1 aromatic heterocycles. The number of carbonyl (C=O) groups excluding carboxylic acids is 2. The van der Waals surface area contributed by atoms with Gasteiger partial charge in [-0.15, -0.1) is 11.3 Å². The van der Waals surface area contributed by atoms with Crippen LogP contribution in [0.25, 0.3) is 0 Å². The van der Waals surface area contributed by atoms with Crippen molar-refractivity contribution in [1.82, 2.24) is 10.2 Å². The third-order valence-corrected chi connectivity index (χ3v) is 7.10. The van der Waals surface area contributed by atoms with E-state index in [0.29, 0.717) is 17.1 Å². The van der Waals surface area contributed by atoms with Gasteiger partial charge in [0.1, 0.15) is 6.04 Å². The molecule has 0 saturated heterocycles. The molecular formula is C26H27ClN2O2S. The lowest BCUT2D eigenvalue weighted by atomic mass is 10.0. The molecular weight excluding hydrogens is 440 g/mol. The van der Waals surface area contributed by atoms with Gasteiger partial charge in [0.25, 0.3) is 0 Å². The van der Waals surface area contributed by atoms with E-state index in [1.807, 2.05) is 66.0 Å². The van der Waals surface area contributed by atoms with Crippen molar-refractivity contribution < 1.29 is 9.59 Å². The Hall–Kier alpha value is -2.63. The van der Waals surface area contributed by atoms with Gasteiger partial charge in [-0.3, -0.25) is 9.59 Å². The molecule has 1 fully saturated rings. The summed E-state index contributed by atoms with van der Waals surface area (Å²) < 4.78 is 0. The van der Waals surface area contributed by atoms with E-state index in [2.05, 4.69) is 5.32 Å². The van der Waals surface area contributed by atoms with Gasteiger partial charge in [-0.2, -0.15) is 0 Å². The second-order valence-corrected chi connectivity index (χ2v) is 9.62. The van der Waals surface area contributed by atoms with E-state index in [1.165, 1.54) is 0 Å². The molecule has 166 valence electrons. The van der Waals surface area contributed by atoms with Crippen LogP contribution in [0.1, 0.15) is 47.7 Å². The molecule has 1 N–H and O–H groups in total. The fourth-order valence-corrected chi connectivity index (χ4v) is 5.20. The topological polar surface area (TPSA) is 49.4 Å². The summed E-state index contributed by atoms with van der Waals surface area (Å²) in [4.78, 5) is 29.9. The highest BCUT2D eigenvalue weighted by atomic mass is 35.5. The molecule has 4 nitrogen and oxygen atoms in total. The fourth-order valence-electron chi connectivity index (χ4n) is 4.27. The summed E-state index contributed by atoms with van der Waals surface area (Å²) in [6.45, 7) is 0.332. The SMILES string of the molecule is O=C(NC1CCCC1)C(c1ccccc1Cl)N(Cc1ccccc1)C(=O)Cc1cccs1. The average molecular weight is 467 g/mol.